The number of carbonyl (C=O) groups excluding carboxylic acids is 2. The Morgan fingerprint density at radius 3 is 2.14 bits per heavy atom. The number of carboxylic acids is 1. The third-order valence-corrected chi connectivity index (χ3v) is 6.20. The Balaban J connectivity index is 1.43. The number of ether oxygens (including phenoxy) is 1. The highest BCUT2D eigenvalue weighted by Crippen LogP contribution is 2.44. The van der Waals surface area contributed by atoms with Gasteiger partial charge in [-0.1, -0.05) is 80.4 Å². The zero-order valence-corrected chi connectivity index (χ0v) is 19.5. The predicted molar refractivity (Wildman–Crippen MR) is 134 cm³/mol. The molecule has 0 heterocycles. The van der Waals surface area contributed by atoms with Crippen LogP contribution in [0.25, 0.3) is 11.1 Å². The van der Waals surface area contributed by atoms with Crippen molar-refractivity contribution in [3.63, 3.8) is 0 Å². The summed E-state index contributed by atoms with van der Waals surface area (Å²) in [4.78, 5) is 37.0. The molecule has 1 aliphatic rings. The van der Waals surface area contributed by atoms with Crippen LogP contribution in [0.2, 0.25) is 0 Å². The highest BCUT2D eigenvalue weighted by molar-refractivity contribution is 6.03. The molecule has 3 N–H and O–H groups in total. The molecule has 7 nitrogen and oxygen atoms in total. The maximum Gasteiger partial charge on any atom is 0.411 e. The first-order valence-corrected chi connectivity index (χ1v) is 11.7. The van der Waals surface area contributed by atoms with Crippen LogP contribution >= 0.6 is 0 Å². The maximum absolute atomic E-state index is 12.8. The first-order chi connectivity index (χ1) is 17.0. The number of aliphatic carboxylic acids is 1. The minimum atomic E-state index is -1.09. The quantitative estimate of drug-likeness (QED) is 0.386. The summed E-state index contributed by atoms with van der Waals surface area (Å²) in [6, 6.07) is 21.6. The average molecular weight is 473 g/mol. The van der Waals surface area contributed by atoms with Gasteiger partial charge in [-0.25, -0.2) is 9.59 Å². The normalized spacial score (nSPS) is 12.8. The summed E-state index contributed by atoms with van der Waals surface area (Å²) >= 11 is 0. The van der Waals surface area contributed by atoms with E-state index in [0.717, 1.165) is 28.7 Å². The van der Waals surface area contributed by atoms with Crippen LogP contribution in [0, 0.1) is 0 Å². The fourth-order valence-corrected chi connectivity index (χ4v) is 4.44. The van der Waals surface area contributed by atoms with Gasteiger partial charge < -0.3 is 15.2 Å². The van der Waals surface area contributed by atoms with Crippen molar-refractivity contribution in [3.8, 4) is 11.1 Å². The Morgan fingerprint density at radius 2 is 1.51 bits per heavy atom. The van der Waals surface area contributed by atoms with E-state index in [1.54, 1.807) is 18.2 Å². The predicted octanol–water partition coefficient (Wildman–Crippen LogP) is 5.42. The van der Waals surface area contributed by atoms with Crippen LogP contribution in [0.4, 0.5) is 10.5 Å². The van der Waals surface area contributed by atoms with Gasteiger partial charge in [-0.05, 0) is 40.8 Å². The summed E-state index contributed by atoms with van der Waals surface area (Å²) in [6.45, 7) is 2.10. The molecule has 0 fully saturated rings. The van der Waals surface area contributed by atoms with Gasteiger partial charge in [0.1, 0.15) is 12.6 Å². The van der Waals surface area contributed by atoms with E-state index in [0.29, 0.717) is 12.8 Å². The van der Waals surface area contributed by atoms with Crippen LogP contribution in [0.15, 0.2) is 72.8 Å². The first-order valence-electron chi connectivity index (χ1n) is 11.7. The number of para-hydroxylation sites is 1. The lowest BCUT2D eigenvalue weighted by atomic mass is 9.98. The molecular weight excluding hydrogens is 444 g/mol. The van der Waals surface area contributed by atoms with Crippen molar-refractivity contribution < 1.29 is 24.2 Å². The minimum Gasteiger partial charge on any atom is -0.480 e. The largest absolute Gasteiger partial charge is 0.480 e. The van der Waals surface area contributed by atoms with Gasteiger partial charge in [0, 0.05) is 5.92 Å². The lowest BCUT2D eigenvalue weighted by Crippen LogP contribution is -2.41. The number of carboxylic acid groups (broad SMARTS) is 1. The number of hydrogen-bond acceptors (Lipinski definition) is 4. The molecule has 0 saturated carbocycles. The molecule has 1 aliphatic carbocycles. The summed E-state index contributed by atoms with van der Waals surface area (Å²) < 4.78 is 5.57. The number of hydrogen-bond donors (Lipinski definition) is 3. The molecule has 0 aliphatic heterocycles. The Kier molecular flexibility index (Phi) is 7.45. The van der Waals surface area contributed by atoms with E-state index in [1.807, 2.05) is 43.3 Å². The zero-order chi connectivity index (χ0) is 24.8. The van der Waals surface area contributed by atoms with Crippen molar-refractivity contribution in [2.24, 2.45) is 0 Å². The molecule has 7 heteroatoms. The van der Waals surface area contributed by atoms with E-state index in [2.05, 4.69) is 22.8 Å². The van der Waals surface area contributed by atoms with E-state index < -0.39 is 24.0 Å². The van der Waals surface area contributed by atoms with Crippen molar-refractivity contribution in [1.82, 2.24) is 5.32 Å². The summed E-state index contributed by atoms with van der Waals surface area (Å²) in [7, 11) is 0. The number of amides is 2. The van der Waals surface area contributed by atoms with Gasteiger partial charge in [0.2, 0.25) is 0 Å². The molecule has 1 atom stereocenters. The summed E-state index contributed by atoms with van der Waals surface area (Å²) in [5, 5.41) is 14.6. The van der Waals surface area contributed by atoms with Crippen LogP contribution in [-0.2, 0) is 9.53 Å². The van der Waals surface area contributed by atoms with Gasteiger partial charge in [0.15, 0.2) is 0 Å². The fraction of sp³-hybridized carbons (Fsp3) is 0.250. The van der Waals surface area contributed by atoms with Gasteiger partial charge in [-0.15, -0.1) is 0 Å². The smallest absolute Gasteiger partial charge is 0.411 e. The Bertz CT molecular complexity index is 1190. The Labute approximate surface area is 204 Å². The van der Waals surface area contributed by atoms with Crippen LogP contribution in [0.1, 0.15) is 53.6 Å². The molecule has 3 aromatic carbocycles. The van der Waals surface area contributed by atoms with Crippen LogP contribution in [-0.4, -0.2) is 35.7 Å². The number of benzene rings is 3. The zero-order valence-electron chi connectivity index (χ0n) is 19.5. The van der Waals surface area contributed by atoms with Crippen molar-refractivity contribution in [2.45, 2.75) is 38.1 Å². The van der Waals surface area contributed by atoms with E-state index in [4.69, 9.17) is 4.74 Å². The molecule has 180 valence electrons. The lowest BCUT2D eigenvalue weighted by molar-refractivity contribution is -0.139. The molecular formula is C28H28N2O5. The number of rotatable bonds is 9. The maximum atomic E-state index is 12.8. The van der Waals surface area contributed by atoms with E-state index >= 15 is 0 Å². The van der Waals surface area contributed by atoms with Gasteiger partial charge in [0.25, 0.3) is 5.91 Å². The number of anilines is 1. The second-order valence-electron chi connectivity index (χ2n) is 8.50. The lowest BCUT2D eigenvalue weighted by Gasteiger charge is -2.17. The van der Waals surface area contributed by atoms with Crippen molar-refractivity contribution in [3.05, 3.63) is 89.5 Å². The fourth-order valence-electron chi connectivity index (χ4n) is 4.44. The van der Waals surface area contributed by atoms with Gasteiger partial charge in [-0.3, -0.25) is 10.1 Å². The topological polar surface area (TPSA) is 105 Å². The highest BCUT2D eigenvalue weighted by atomic mass is 16.5. The Morgan fingerprint density at radius 1 is 0.914 bits per heavy atom. The molecule has 0 radical (unpaired) electrons. The second kappa shape index (κ2) is 10.9. The molecule has 0 saturated heterocycles. The molecule has 1 unspecified atom stereocenters. The van der Waals surface area contributed by atoms with Crippen LogP contribution < -0.4 is 10.6 Å². The van der Waals surface area contributed by atoms with E-state index in [-0.39, 0.29) is 23.8 Å². The van der Waals surface area contributed by atoms with Crippen LogP contribution in [0.3, 0.4) is 0 Å². The van der Waals surface area contributed by atoms with Crippen molar-refractivity contribution in [2.75, 3.05) is 11.9 Å². The van der Waals surface area contributed by atoms with Gasteiger partial charge >= 0.3 is 12.1 Å². The highest BCUT2D eigenvalue weighted by Gasteiger charge is 2.29. The molecule has 3 aromatic rings. The second-order valence-corrected chi connectivity index (χ2v) is 8.50. The van der Waals surface area contributed by atoms with Crippen molar-refractivity contribution in [1.29, 1.82) is 0 Å². The summed E-state index contributed by atoms with van der Waals surface area (Å²) in [5.74, 6) is -1.74. The first kappa shape index (κ1) is 24.0. The van der Waals surface area contributed by atoms with E-state index in [1.165, 1.54) is 6.07 Å². The number of carbonyl (C=O) groups is 3. The number of nitrogens with one attached hydrogen (secondary N) is 2. The third kappa shape index (κ3) is 5.35. The molecule has 0 bridgehead atoms. The van der Waals surface area contributed by atoms with Crippen molar-refractivity contribution >= 4 is 23.7 Å². The number of fused-ring (bicyclic) bond motifs is 3. The van der Waals surface area contributed by atoms with Crippen LogP contribution in [0.5, 0.6) is 0 Å². The monoisotopic (exact) mass is 472 g/mol. The molecule has 0 aromatic heterocycles. The van der Waals surface area contributed by atoms with Gasteiger partial charge in [-0.2, -0.15) is 0 Å². The molecule has 2 amide bonds. The standard InChI is InChI=1S/C28H28N2O5/c1-2-3-15-25(27(32)33)29-26(31)22-14-8-9-16-24(22)30-28(34)35-17-23-20-12-6-4-10-18(20)19-11-5-7-13-21(19)23/h4-14,16,23,25H,2-3,15,17H2,1H3,(H,29,31)(H,30,34)(H,32,33). The molecule has 4 rings (SSSR count). The number of unbranched alkanes of at least 4 members (excludes halogenated alkanes) is 1. The van der Waals surface area contributed by atoms with Gasteiger partial charge in [0.05, 0.1) is 11.3 Å². The minimum absolute atomic E-state index is 0.0819. The summed E-state index contributed by atoms with van der Waals surface area (Å²) in [5.41, 5.74) is 4.90. The Hall–Kier alpha value is -4.13. The third-order valence-electron chi connectivity index (χ3n) is 6.20. The van der Waals surface area contributed by atoms with E-state index in [9.17, 15) is 19.5 Å². The summed E-state index contributed by atoms with van der Waals surface area (Å²) in [6.07, 6.45) is 1.14. The molecule has 0 spiro atoms. The SMILES string of the molecule is CCCCC(NC(=O)c1ccccc1NC(=O)OCC1c2ccccc2-c2ccccc21)C(=O)O. The average Bonchev–Trinajstić information content (AvgIpc) is 3.19. The molecule has 35 heavy (non-hydrogen) atoms.